The maximum absolute atomic E-state index is 12.9. The van der Waals surface area contributed by atoms with Gasteiger partial charge in [0.15, 0.2) is 0 Å². The van der Waals surface area contributed by atoms with Gasteiger partial charge in [-0.1, -0.05) is 12.1 Å². The average molecular weight is 440 g/mol. The molecule has 3 aromatic heterocycles. The Morgan fingerprint density at radius 2 is 2.10 bits per heavy atom. The van der Waals surface area contributed by atoms with E-state index < -0.39 is 0 Å². The molecule has 0 spiro atoms. The van der Waals surface area contributed by atoms with Gasteiger partial charge in [0.25, 0.3) is 5.91 Å². The van der Waals surface area contributed by atoms with Crippen molar-refractivity contribution in [2.24, 2.45) is 0 Å². The van der Waals surface area contributed by atoms with Gasteiger partial charge >= 0.3 is 0 Å². The lowest BCUT2D eigenvalue weighted by atomic mass is 9.95. The molecule has 1 atom stereocenters. The van der Waals surface area contributed by atoms with E-state index in [0.717, 1.165) is 52.5 Å². The predicted octanol–water partition coefficient (Wildman–Crippen LogP) is 3.12. The molecule has 8 heteroatoms. The number of hydrogen-bond donors (Lipinski definition) is 1. The number of nitrogens with one attached hydrogen (secondary N) is 1. The van der Waals surface area contributed by atoms with Crippen LogP contribution in [0.3, 0.4) is 0 Å². The smallest absolute Gasteiger partial charge is 0.261 e. The molecule has 1 amide bonds. The molecule has 0 aliphatic carbocycles. The number of rotatable bonds is 8. The van der Waals surface area contributed by atoms with Gasteiger partial charge in [-0.05, 0) is 30.7 Å². The highest BCUT2D eigenvalue weighted by atomic mass is 32.1. The van der Waals surface area contributed by atoms with E-state index in [0.29, 0.717) is 19.1 Å². The lowest BCUT2D eigenvalue weighted by Gasteiger charge is -2.21. The third-order valence-corrected chi connectivity index (χ3v) is 6.80. The highest BCUT2D eigenvalue weighted by Crippen LogP contribution is 2.39. The van der Waals surface area contributed by atoms with Crippen LogP contribution in [0.15, 0.2) is 36.7 Å². The Morgan fingerprint density at radius 1 is 1.29 bits per heavy atom. The number of aromatic nitrogens is 2. The quantitative estimate of drug-likeness (QED) is 0.544. The summed E-state index contributed by atoms with van der Waals surface area (Å²) in [7, 11) is 5.69. The van der Waals surface area contributed by atoms with Crippen molar-refractivity contribution < 1.29 is 9.53 Å². The van der Waals surface area contributed by atoms with Crippen molar-refractivity contribution in [3.8, 4) is 0 Å². The van der Waals surface area contributed by atoms with Crippen LogP contribution >= 0.6 is 11.3 Å². The zero-order valence-electron chi connectivity index (χ0n) is 18.3. The lowest BCUT2D eigenvalue weighted by molar-refractivity contribution is 0.0940. The van der Waals surface area contributed by atoms with Gasteiger partial charge in [-0.3, -0.25) is 9.69 Å². The minimum absolute atomic E-state index is 0.0318. The van der Waals surface area contributed by atoms with Crippen molar-refractivity contribution in [1.29, 1.82) is 0 Å². The van der Waals surface area contributed by atoms with Crippen LogP contribution in [-0.4, -0.2) is 68.2 Å². The van der Waals surface area contributed by atoms with Gasteiger partial charge in [-0.15, -0.1) is 11.3 Å². The van der Waals surface area contributed by atoms with E-state index in [1.807, 2.05) is 32.4 Å². The van der Waals surface area contributed by atoms with Crippen LogP contribution < -0.4 is 10.2 Å². The van der Waals surface area contributed by atoms with Crippen LogP contribution in [0, 0.1) is 0 Å². The number of pyridine rings is 2. The number of amides is 1. The summed E-state index contributed by atoms with van der Waals surface area (Å²) in [4.78, 5) is 28.2. The van der Waals surface area contributed by atoms with Gasteiger partial charge in [0.1, 0.15) is 10.6 Å². The van der Waals surface area contributed by atoms with Gasteiger partial charge in [-0.25, -0.2) is 9.97 Å². The molecule has 1 fully saturated rings. The fourth-order valence-electron chi connectivity index (χ4n) is 4.28. The molecule has 0 saturated carbocycles. The number of ether oxygens (including phenoxy) is 1. The fraction of sp³-hybridized carbons (Fsp3) is 0.435. The SMILES string of the molecule is COCCNC(=O)c1sc2ncccc2c1[C@H]1CCN(Cc2cccnc2N(C)C)C1. The topological polar surface area (TPSA) is 70.6 Å². The molecule has 0 radical (unpaired) electrons. The Labute approximate surface area is 187 Å². The second-order valence-electron chi connectivity index (χ2n) is 8.05. The molecule has 1 aliphatic heterocycles. The summed E-state index contributed by atoms with van der Waals surface area (Å²) >= 11 is 1.49. The summed E-state index contributed by atoms with van der Waals surface area (Å²) in [5, 5.41) is 4.09. The van der Waals surface area contributed by atoms with Crippen LogP contribution in [0.2, 0.25) is 0 Å². The van der Waals surface area contributed by atoms with Crippen molar-refractivity contribution in [2.75, 3.05) is 52.3 Å². The first-order valence-corrected chi connectivity index (χ1v) is 11.4. The first-order valence-electron chi connectivity index (χ1n) is 10.6. The molecule has 7 nitrogen and oxygen atoms in total. The van der Waals surface area contributed by atoms with E-state index in [-0.39, 0.29) is 5.91 Å². The third kappa shape index (κ3) is 4.71. The molecular formula is C23H29N5O2S. The zero-order valence-corrected chi connectivity index (χ0v) is 19.1. The second kappa shape index (κ2) is 9.72. The summed E-state index contributed by atoms with van der Waals surface area (Å²) in [5.74, 6) is 1.28. The Morgan fingerprint density at radius 3 is 2.90 bits per heavy atom. The number of fused-ring (bicyclic) bond motifs is 1. The molecule has 0 bridgehead atoms. The molecule has 4 rings (SSSR count). The van der Waals surface area contributed by atoms with Crippen LogP contribution in [0.4, 0.5) is 5.82 Å². The van der Waals surface area contributed by atoms with Gasteiger partial charge in [-0.2, -0.15) is 0 Å². The second-order valence-corrected chi connectivity index (χ2v) is 9.05. The molecular weight excluding hydrogens is 410 g/mol. The number of carbonyl (C=O) groups is 1. The Bertz CT molecular complexity index is 1050. The predicted molar refractivity (Wildman–Crippen MR) is 125 cm³/mol. The standard InChI is InChI=1S/C23H29N5O2S/c1-27(2)21-17(6-4-9-24-21)15-28-12-8-16(14-28)19-18-7-5-10-26-23(18)31-20(19)22(29)25-11-13-30-3/h4-7,9-10,16H,8,11-15H2,1-3H3,(H,25,29)/t16-/m0/s1. The highest BCUT2D eigenvalue weighted by Gasteiger charge is 2.31. The first-order chi connectivity index (χ1) is 15.1. The first kappa shape index (κ1) is 21.7. The molecule has 31 heavy (non-hydrogen) atoms. The van der Waals surface area contributed by atoms with Gasteiger partial charge in [0.2, 0.25) is 0 Å². The van der Waals surface area contributed by atoms with E-state index in [2.05, 4.69) is 37.2 Å². The monoisotopic (exact) mass is 439 g/mol. The summed E-state index contributed by atoms with van der Waals surface area (Å²) in [6, 6.07) is 8.19. The van der Waals surface area contributed by atoms with E-state index in [1.54, 1.807) is 13.3 Å². The largest absolute Gasteiger partial charge is 0.383 e. The molecule has 4 heterocycles. The Balaban J connectivity index is 1.57. The number of nitrogens with zero attached hydrogens (tertiary/aromatic N) is 4. The average Bonchev–Trinajstić information content (AvgIpc) is 3.38. The number of hydrogen-bond acceptors (Lipinski definition) is 7. The van der Waals surface area contributed by atoms with Gasteiger partial charge in [0.05, 0.1) is 11.5 Å². The summed E-state index contributed by atoms with van der Waals surface area (Å²) in [6.45, 7) is 3.77. The molecule has 1 aliphatic rings. The van der Waals surface area contributed by atoms with Crippen molar-refractivity contribution in [3.05, 3.63) is 52.7 Å². The van der Waals surface area contributed by atoms with E-state index in [9.17, 15) is 4.79 Å². The van der Waals surface area contributed by atoms with Crippen molar-refractivity contribution >= 4 is 33.3 Å². The van der Waals surface area contributed by atoms with Crippen molar-refractivity contribution in [1.82, 2.24) is 20.2 Å². The number of likely N-dealkylation sites (tertiary alicyclic amines) is 1. The van der Waals surface area contributed by atoms with Crippen LogP contribution in [0.25, 0.3) is 10.2 Å². The van der Waals surface area contributed by atoms with Crippen molar-refractivity contribution in [2.45, 2.75) is 18.9 Å². The number of carbonyl (C=O) groups excluding carboxylic acids is 1. The molecule has 1 saturated heterocycles. The molecule has 3 aromatic rings. The minimum atomic E-state index is -0.0318. The van der Waals surface area contributed by atoms with E-state index in [4.69, 9.17) is 4.74 Å². The van der Waals surface area contributed by atoms with Crippen LogP contribution in [0.5, 0.6) is 0 Å². The zero-order chi connectivity index (χ0) is 21.8. The van der Waals surface area contributed by atoms with Crippen LogP contribution in [-0.2, 0) is 11.3 Å². The Hall–Kier alpha value is -2.55. The van der Waals surface area contributed by atoms with E-state index in [1.165, 1.54) is 16.9 Å². The highest BCUT2D eigenvalue weighted by molar-refractivity contribution is 7.20. The summed E-state index contributed by atoms with van der Waals surface area (Å²) in [6.07, 6.45) is 4.66. The number of methoxy groups -OCH3 is 1. The fourth-order valence-corrected chi connectivity index (χ4v) is 5.43. The molecule has 0 aromatic carbocycles. The minimum Gasteiger partial charge on any atom is -0.383 e. The Kier molecular flexibility index (Phi) is 6.80. The van der Waals surface area contributed by atoms with Crippen LogP contribution in [0.1, 0.15) is 33.1 Å². The van der Waals surface area contributed by atoms with Gasteiger partial charge in [0, 0.05) is 70.1 Å². The summed E-state index contributed by atoms with van der Waals surface area (Å²) < 4.78 is 5.08. The molecule has 1 N–H and O–H groups in total. The molecule has 164 valence electrons. The summed E-state index contributed by atoms with van der Waals surface area (Å²) in [5.41, 5.74) is 2.37. The van der Waals surface area contributed by atoms with Gasteiger partial charge < -0.3 is 15.0 Å². The normalized spacial score (nSPS) is 16.7. The number of anilines is 1. The number of thiophene rings is 1. The van der Waals surface area contributed by atoms with E-state index >= 15 is 0 Å². The van der Waals surface area contributed by atoms with Crippen molar-refractivity contribution in [3.63, 3.8) is 0 Å². The maximum atomic E-state index is 12.9. The third-order valence-electron chi connectivity index (χ3n) is 5.67. The lowest BCUT2D eigenvalue weighted by Crippen LogP contribution is -2.27. The molecule has 0 unspecified atom stereocenters. The maximum Gasteiger partial charge on any atom is 0.261 e.